The normalized spacial score (nSPS) is 13.2. The van der Waals surface area contributed by atoms with Crippen LogP contribution in [0.3, 0.4) is 0 Å². The molecule has 104 valence electrons. The van der Waals surface area contributed by atoms with Gasteiger partial charge in [-0.1, -0.05) is 15.9 Å². The molecule has 0 saturated carbocycles. The quantitative estimate of drug-likeness (QED) is 0.800. The van der Waals surface area contributed by atoms with E-state index in [1.807, 2.05) is 25.1 Å². The van der Waals surface area contributed by atoms with Gasteiger partial charge in [-0.2, -0.15) is 0 Å². The van der Waals surface area contributed by atoms with E-state index in [0.717, 1.165) is 26.4 Å². The van der Waals surface area contributed by atoms with E-state index in [9.17, 15) is 4.79 Å². The Labute approximate surface area is 123 Å². The van der Waals surface area contributed by atoms with E-state index in [4.69, 9.17) is 4.74 Å². The van der Waals surface area contributed by atoms with Crippen LogP contribution in [0.25, 0.3) is 21.9 Å². The molecule has 0 bridgehead atoms. The summed E-state index contributed by atoms with van der Waals surface area (Å²) in [6, 6.07) is 5.85. The SMILES string of the molecule is CO[C@@H](C)Cn1c(=O)[nH]c2cnc3ccc(Br)cc3c21. The molecule has 0 aliphatic heterocycles. The predicted octanol–water partition coefficient (Wildman–Crippen LogP) is 2.68. The number of aromatic nitrogens is 3. The lowest BCUT2D eigenvalue weighted by molar-refractivity contribution is 0.103. The van der Waals surface area contributed by atoms with Gasteiger partial charge in [-0.15, -0.1) is 0 Å². The van der Waals surface area contributed by atoms with Gasteiger partial charge < -0.3 is 9.72 Å². The third kappa shape index (κ3) is 2.14. The zero-order valence-electron chi connectivity index (χ0n) is 11.2. The summed E-state index contributed by atoms with van der Waals surface area (Å²) >= 11 is 3.46. The molecule has 6 heteroatoms. The van der Waals surface area contributed by atoms with Crippen LogP contribution in [-0.4, -0.2) is 27.7 Å². The Morgan fingerprint density at radius 1 is 1.50 bits per heavy atom. The molecular formula is C14H14BrN3O2. The molecule has 0 amide bonds. The smallest absolute Gasteiger partial charge is 0.326 e. The first kappa shape index (κ1) is 13.3. The van der Waals surface area contributed by atoms with Gasteiger partial charge >= 0.3 is 5.69 Å². The van der Waals surface area contributed by atoms with Crippen molar-refractivity contribution in [2.45, 2.75) is 19.6 Å². The first-order valence-corrected chi connectivity index (χ1v) is 7.09. The van der Waals surface area contributed by atoms with Crippen molar-refractivity contribution >= 4 is 37.9 Å². The third-order valence-electron chi connectivity index (χ3n) is 3.40. The molecule has 2 heterocycles. The number of rotatable bonds is 3. The van der Waals surface area contributed by atoms with Gasteiger partial charge in [0.25, 0.3) is 0 Å². The molecule has 0 spiro atoms. The highest BCUT2D eigenvalue weighted by molar-refractivity contribution is 9.10. The van der Waals surface area contributed by atoms with E-state index in [0.29, 0.717) is 6.54 Å². The van der Waals surface area contributed by atoms with Crippen LogP contribution in [0.2, 0.25) is 0 Å². The van der Waals surface area contributed by atoms with Crippen LogP contribution in [0.5, 0.6) is 0 Å². The third-order valence-corrected chi connectivity index (χ3v) is 3.89. The molecule has 0 fully saturated rings. The average molecular weight is 336 g/mol. The molecular weight excluding hydrogens is 322 g/mol. The highest BCUT2D eigenvalue weighted by Gasteiger charge is 2.13. The van der Waals surface area contributed by atoms with Crippen LogP contribution in [0.15, 0.2) is 33.7 Å². The van der Waals surface area contributed by atoms with Crippen LogP contribution in [0, 0.1) is 0 Å². The zero-order valence-corrected chi connectivity index (χ0v) is 12.8. The van der Waals surface area contributed by atoms with E-state index in [1.54, 1.807) is 17.9 Å². The number of imidazole rings is 1. The first-order chi connectivity index (χ1) is 9.60. The zero-order chi connectivity index (χ0) is 14.3. The number of nitrogens with one attached hydrogen (secondary N) is 1. The average Bonchev–Trinajstić information content (AvgIpc) is 2.75. The molecule has 0 unspecified atom stereocenters. The molecule has 1 N–H and O–H groups in total. The second-order valence-corrected chi connectivity index (χ2v) is 5.68. The first-order valence-electron chi connectivity index (χ1n) is 6.29. The largest absolute Gasteiger partial charge is 0.380 e. The number of pyridine rings is 1. The topological polar surface area (TPSA) is 59.9 Å². The van der Waals surface area contributed by atoms with Gasteiger partial charge in [0.1, 0.15) is 0 Å². The lowest BCUT2D eigenvalue weighted by Gasteiger charge is -2.11. The van der Waals surface area contributed by atoms with E-state index < -0.39 is 0 Å². The number of ether oxygens (including phenoxy) is 1. The Bertz CT molecular complexity index is 837. The van der Waals surface area contributed by atoms with Crippen molar-refractivity contribution < 1.29 is 4.74 Å². The van der Waals surface area contributed by atoms with Crippen molar-refractivity contribution in [3.63, 3.8) is 0 Å². The van der Waals surface area contributed by atoms with Gasteiger partial charge in [0.15, 0.2) is 0 Å². The van der Waals surface area contributed by atoms with Gasteiger partial charge in [-0.25, -0.2) is 4.79 Å². The van der Waals surface area contributed by atoms with Gasteiger partial charge in [0.2, 0.25) is 0 Å². The van der Waals surface area contributed by atoms with Gasteiger partial charge in [0, 0.05) is 17.0 Å². The van der Waals surface area contributed by atoms with Gasteiger partial charge in [-0.3, -0.25) is 9.55 Å². The van der Waals surface area contributed by atoms with Crippen molar-refractivity contribution in [3.05, 3.63) is 39.4 Å². The van der Waals surface area contributed by atoms with Crippen molar-refractivity contribution in [3.8, 4) is 0 Å². The maximum absolute atomic E-state index is 12.1. The number of H-pyrrole nitrogens is 1. The summed E-state index contributed by atoms with van der Waals surface area (Å²) in [6.45, 7) is 2.44. The second-order valence-electron chi connectivity index (χ2n) is 4.77. The Hall–Kier alpha value is -1.66. The van der Waals surface area contributed by atoms with E-state index in [2.05, 4.69) is 25.9 Å². The Morgan fingerprint density at radius 3 is 3.05 bits per heavy atom. The molecule has 20 heavy (non-hydrogen) atoms. The van der Waals surface area contributed by atoms with Crippen molar-refractivity contribution in [1.29, 1.82) is 0 Å². The highest BCUT2D eigenvalue weighted by atomic mass is 79.9. The molecule has 3 aromatic rings. The Kier molecular flexibility index (Phi) is 3.35. The molecule has 0 radical (unpaired) electrons. The van der Waals surface area contributed by atoms with Crippen LogP contribution in [-0.2, 0) is 11.3 Å². The summed E-state index contributed by atoms with van der Waals surface area (Å²) in [5.41, 5.74) is 2.32. The molecule has 0 aliphatic carbocycles. The number of fused-ring (bicyclic) bond motifs is 3. The number of aromatic amines is 1. The number of methoxy groups -OCH3 is 1. The van der Waals surface area contributed by atoms with Gasteiger partial charge in [-0.05, 0) is 25.1 Å². The molecule has 0 aliphatic rings. The minimum Gasteiger partial charge on any atom is -0.380 e. The van der Waals surface area contributed by atoms with Crippen LogP contribution < -0.4 is 5.69 Å². The molecule has 3 rings (SSSR count). The van der Waals surface area contributed by atoms with Crippen LogP contribution in [0.4, 0.5) is 0 Å². The summed E-state index contributed by atoms with van der Waals surface area (Å²) in [5, 5.41) is 0.943. The summed E-state index contributed by atoms with van der Waals surface area (Å²) < 4.78 is 7.93. The second kappa shape index (κ2) is 5.03. The van der Waals surface area contributed by atoms with Crippen molar-refractivity contribution in [2.24, 2.45) is 0 Å². The maximum atomic E-state index is 12.1. The van der Waals surface area contributed by atoms with E-state index in [1.165, 1.54) is 0 Å². The monoisotopic (exact) mass is 335 g/mol. The van der Waals surface area contributed by atoms with Crippen molar-refractivity contribution in [1.82, 2.24) is 14.5 Å². The lowest BCUT2D eigenvalue weighted by Crippen LogP contribution is -2.24. The number of hydrogen-bond donors (Lipinski definition) is 1. The highest BCUT2D eigenvalue weighted by Crippen LogP contribution is 2.25. The number of nitrogens with zero attached hydrogens (tertiary/aromatic N) is 2. The minimum absolute atomic E-state index is 0.0398. The summed E-state index contributed by atoms with van der Waals surface area (Å²) in [7, 11) is 1.64. The number of halogens is 1. The predicted molar refractivity (Wildman–Crippen MR) is 82.0 cm³/mol. The Morgan fingerprint density at radius 2 is 2.30 bits per heavy atom. The summed E-state index contributed by atoms with van der Waals surface area (Å²) in [5.74, 6) is 0. The van der Waals surface area contributed by atoms with E-state index in [-0.39, 0.29) is 11.8 Å². The molecule has 2 aromatic heterocycles. The maximum Gasteiger partial charge on any atom is 0.326 e. The lowest BCUT2D eigenvalue weighted by atomic mass is 10.2. The van der Waals surface area contributed by atoms with Gasteiger partial charge in [0.05, 0.1) is 35.4 Å². The fourth-order valence-corrected chi connectivity index (χ4v) is 2.68. The summed E-state index contributed by atoms with van der Waals surface area (Å²) in [4.78, 5) is 19.3. The fraction of sp³-hybridized carbons (Fsp3) is 0.286. The van der Waals surface area contributed by atoms with Crippen LogP contribution >= 0.6 is 15.9 Å². The molecule has 1 aromatic carbocycles. The Balaban J connectivity index is 2.35. The fourth-order valence-electron chi connectivity index (χ4n) is 2.32. The van der Waals surface area contributed by atoms with Crippen LogP contribution in [0.1, 0.15) is 6.92 Å². The number of benzene rings is 1. The molecule has 1 atom stereocenters. The van der Waals surface area contributed by atoms with Crippen molar-refractivity contribution in [2.75, 3.05) is 7.11 Å². The number of hydrogen-bond acceptors (Lipinski definition) is 3. The molecule has 5 nitrogen and oxygen atoms in total. The van der Waals surface area contributed by atoms with E-state index >= 15 is 0 Å². The summed E-state index contributed by atoms with van der Waals surface area (Å²) in [6.07, 6.45) is 1.66. The standard InChI is InChI=1S/C14H14BrN3O2/c1-8(20-2)7-18-13-10-5-9(15)3-4-11(10)16-6-12(13)17-14(18)19/h3-6,8H,7H2,1-2H3,(H,17,19)/t8-/m0/s1. The molecule has 0 saturated heterocycles. The minimum atomic E-state index is -0.141.